The van der Waals surface area contributed by atoms with Gasteiger partial charge in [0.1, 0.15) is 5.75 Å². The molecule has 25 heavy (non-hydrogen) atoms. The van der Waals surface area contributed by atoms with Gasteiger partial charge in [0.05, 0.1) is 12.7 Å². The van der Waals surface area contributed by atoms with E-state index in [2.05, 4.69) is 32.0 Å². The molecule has 138 valence electrons. The first kappa shape index (κ1) is 17.4. The van der Waals surface area contributed by atoms with Gasteiger partial charge in [-0.2, -0.15) is 0 Å². The van der Waals surface area contributed by atoms with Crippen molar-refractivity contribution < 1.29 is 9.84 Å². The SMILES string of the molecule is COc1ccc2c(c1)C[C@@H](C)[C@@H]1[C@@H]2CC[C@@]2(C)[C@@H]1CC[C@H]2C(C)(C)O. The Labute approximate surface area is 153 Å². The van der Waals surface area contributed by atoms with Gasteiger partial charge >= 0.3 is 0 Å². The van der Waals surface area contributed by atoms with E-state index in [9.17, 15) is 5.11 Å². The molecule has 0 spiro atoms. The van der Waals surface area contributed by atoms with Crippen LogP contribution in [0.2, 0.25) is 0 Å². The summed E-state index contributed by atoms with van der Waals surface area (Å²) in [6.45, 7) is 9.01. The van der Waals surface area contributed by atoms with Crippen molar-refractivity contribution in [3.8, 4) is 5.75 Å². The summed E-state index contributed by atoms with van der Waals surface area (Å²) in [5, 5.41) is 10.8. The van der Waals surface area contributed by atoms with Crippen LogP contribution in [-0.2, 0) is 6.42 Å². The van der Waals surface area contributed by atoms with Crippen molar-refractivity contribution in [2.45, 2.75) is 71.3 Å². The number of benzene rings is 1. The van der Waals surface area contributed by atoms with Gasteiger partial charge in [0.25, 0.3) is 0 Å². The van der Waals surface area contributed by atoms with Crippen molar-refractivity contribution in [1.29, 1.82) is 0 Å². The van der Waals surface area contributed by atoms with Gasteiger partial charge in [-0.05, 0) is 104 Å². The lowest BCUT2D eigenvalue weighted by Crippen LogP contribution is -2.49. The summed E-state index contributed by atoms with van der Waals surface area (Å²) in [5.74, 6) is 4.38. The quantitative estimate of drug-likeness (QED) is 0.802. The molecule has 0 heterocycles. The Balaban J connectivity index is 1.70. The van der Waals surface area contributed by atoms with Gasteiger partial charge in [-0.3, -0.25) is 0 Å². The third-order valence-electron chi connectivity index (χ3n) is 8.13. The van der Waals surface area contributed by atoms with Gasteiger partial charge in [-0.1, -0.05) is 19.9 Å². The summed E-state index contributed by atoms with van der Waals surface area (Å²) in [5.41, 5.74) is 2.84. The van der Waals surface area contributed by atoms with Crippen molar-refractivity contribution >= 4 is 0 Å². The number of fused-ring (bicyclic) bond motifs is 5. The summed E-state index contributed by atoms with van der Waals surface area (Å²) < 4.78 is 5.46. The molecule has 1 N–H and O–H groups in total. The zero-order valence-corrected chi connectivity index (χ0v) is 16.5. The third kappa shape index (κ3) is 2.55. The van der Waals surface area contributed by atoms with Gasteiger partial charge in [0, 0.05) is 0 Å². The minimum absolute atomic E-state index is 0.303. The van der Waals surface area contributed by atoms with E-state index in [-0.39, 0.29) is 0 Å². The second-order valence-electron chi connectivity index (χ2n) is 9.86. The van der Waals surface area contributed by atoms with Gasteiger partial charge < -0.3 is 9.84 Å². The zero-order valence-electron chi connectivity index (χ0n) is 16.5. The predicted molar refractivity (Wildman–Crippen MR) is 102 cm³/mol. The van der Waals surface area contributed by atoms with E-state index in [1.165, 1.54) is 37.7 Å². The van der Waals surface area contributed by atoms with Gasteiger partial charge in [-0.25, -0.2) is 0 Å². The Morgan fingerprint density at radius 3 is 2.64 bits per heavy atom. The number of hydrogen-bond acceptors (Lipinski definition) is 2. The van der Waals surface area contributed by atoms with Crippen LogP contribution in [-0.4, -0.2) is 17.8 Å². The number of aliphatic hydroxyl groups is 1. The first-order valence-electron chi connectivity index (χ1n) is 10.1. The summed E-state index contributed by atoms with van der Waals surface area (Å²) >= 11 is 0. The lowest BCUT2D eigenvalue weighted by molar-refractivity contribution is -0.0755. The fourth-order valence-corrected chi connectivity index (χ4v) is 7.24. The van der Waals surface area contributed by atoms with Crippen molar-refractivity contribution in [2.24, 2.45) is 29.1 Å². The summed E-state index contributed by atoms with van der Waals surface area (Å²) in [6, 6.07) is 6.75. The summed E-state index contributed by atoms with van der Waals surface area (Å²) in [4.78, 5) is 0. The third-order valence-corrected chi connectivity index (χ3v) is 8.13. The number of hydrogen-bond donors (Lipinski definition) is 1. The van der Waals surface area contributed by atoms with Crippen LogP contribution in [0.5, 0.6) is 5.75 Å². The monoisotopic (exact) mass is 342 g/mol. The Morgan fingerprint density at radius 1 is 1.20 bits per heavy atom. The maximum atomic E-state index is 10.8. The van der Waals surface area contributed by atoms with Crippen LogP contribution in [0.15, 0.2) is 18.2 Å². The van der Waals surface area contributed by atoms with Crippen molar-refractivity contribution in [3.63, 3.8) is 0 Å². The highest BCUT2D eigenvalue weighted by Crippen LogP contribution is 2.65. The van der Waals surface area contributed by atoms with E-state index in [1.807, 2.05) is 13.8 Å². The average Bonchev–Trinajstić information content (AvgIpc) is 2.91. The predicted octanol–water partition coefficient (Wildman–Crippen LogP) is 5.18. The summed E-state index contributed by atoms with van der Waals surface area (Å²) in [6.07, 6.45) is 6.19. The van der Waals surface area contributed by atoms with E-state index >= 15 is 0 Å². The maximum Gasteiger partial charge on any atom is 0.119 e. The van der Waals surface area contributed by atoms with Crippen LogP contribution >= 0.6 is 0 Å². The van der Waals surface area contributed by atoms with Gasteiger partial charge in [0.2, 0.25) is 0 Å². The van der Waals surface area contributed by atoms with Gasteiger partial charge in [-0.15, -0.1) is 0 Å². The lowest BCUT2D eigenvalue weighted by Gasteiger charge is -2.54. The minimum Gasteiger partial charge on any atom is -0.497 e. The largest absolute Gasteiger partial charge is 0.497 e. The van der Waals surface area contributed by atoms with Crippen molar-refractivity contribution in [1.82, 2.24) is 0 Å². The van der Waals surface area contributed by atoms with E-state index in [1.54, 1.807) is 12.7 Å². The molecule has 3 aliphatic rings. The highest BCUT2D eigenvalue weighted by atomic mass is 16.5. The molecule has 0 unspecified atom stereocenters. The van der Waals surface area contributed by atoms with Crippen molar-refractivity contribution in [2.75, 3.05) is 7.11 Å². The molecular formula is C23H34O2. The van der Waals surface area contributed by atoms with Crippen LogP contribution in [0.3, 0.4) is 0 Å². The molecule has 0 bridgehead atoms. The van der Waals surface area contributed by atoms with Crippen LogP contribution in [0, 0.1) is 29.1 Å². The molecule has 0 radical (unpaired) electrons. The highest BCUT2D eigenvalue weighted by Gasteiger charge is 2.58. The molecule has 1 aromatic carbocycles. The minimum atomic E-state index is -0.556. The first-order chi connectivity index (χ1) is 11.8. The fraction of sp³-hybridized carbons (Fsp3) is 0.739. The molecule has 0 amide bonds. The highest BCUT2D eigenvalue weighted by molar-refractivity contribution is 5.41. The topological polar surface area (TPSA) is 29.5 Å². The Morgan fingerprint density at radius 2 is 1.96 bits per heavy atom. The number of methoxy groups -OCH3 is 1. The number of ether oxygens (including phenoxy) is 1. The molecule has 1 aromatic rings. The molecule has 0 saturated heterocycles. The molecular weight excluding hydrogens is 308 g/mol. The first-order valence-corrected chi connectivity index (χ1v) is 10.1. The Hall–Kier alpha value is -1.02. The van der Waals surface area contributed by atoms with Crippen LogP contribution < -0.4 is 4.74 Å². The second kappa shape index (κ2) is 5.74. The molecule has 6 atom stereocenters. The van der Waals surface area contributed by atoms with E-state index in [0.29, 0.717) is 17.3 Å². The second-order valence-corrected chi connectivity index (χ2v) is 9.86. The molecule has 2 saturated carbocycles. The standard InChI is InChI=1S/C23H34O2/c1-14-12-15-13-16(25-5)6-7-17(15)18-10-11-23(4)19(21(14)18)8-9-20(23)22(2,3)24/h6-7,13-14,18-21,24H,8-12H2,1-5H3/t14-,18-,19-,20+,21-,23+/m1/s1. The van der Waals surface area contributed by atoms with E-state index in [4.69, 9.17) is 4.74 Å². The molecule has 2 fully saturated rings. The molecule has 3 aliphatic carbocycles. The zero-order chi connectivity index (χ0) is 18.0. The smallest absolute Gasteiger partial charge is 0.119 e. The fourth-order valence-electron chi connectivity index (χ4n) is 7.24. The van der Waals surface area contributed by atoms with Crippen molar-refractivity contribution in [3.05, 3.63) is 29.3 Å². The van der Waals surface area contributed by atoms with E-state index in [0.717, 1.165) is 23.5 Å². The van der Waals surface area contributed by atoms with Crippen LogP contribution in [0.1, 0.15) is 70.4 Å². The molecule has 2 heteroatoms. The number of rotatable bonds is 2. The molecule has 0 aromatic heterocycles. The lowest BCUT2D eigenvalue weighted by atomic mass is 9.51. The maximum absolute atomic E-state index is 10.8. The Bertz CT molecular complexity index is 659. The summed E-state index contributed by atoms with van der Waals surface area (Å²) in [7, 11) is 1.76. The molecule has 2 nitrogen and oxygen atoms in total. The van der Waals surface area contributed by atoms with Crippen LogP contribution in [0.25, 0.3) is 0 Å². The molecule has 0 aliphatic heterocycles. The molecule has 4 rings (SSSR count). The van der Waals surface area contributed by atoms with Gasteiger partial charge in [0.15, 0.2) is 0 Å². The van der Waals surface area contributed by atoms with Crippen LogP contribution in [0.4, 0.5) is 0 Å². The average molecular weight is 343 g/mol. The normalized spacial score (nSPS) is 40.2. The van der Waals surface area contributed by atoms with E-state index < -0.39 is 5.60 Å². The Kier molecular flexibility index (Phi) is 3.99.